The molecule has 0 aromatic rings. The van der Waals surface area contributed by atoms with E-state index in [1.54, 1.807) is 0 Å². The van der Waals surface area contributed by atoms with E-state index in [2.05, 4.69) is 43.5 Å². The molecule has 0 saturated heterocycles. The number of hydrogen-bond acceptors (Lipinski definition) is 5. The van der Waals surface area contributed by atoms with Gasteiger partial charge in [0, 0.05) is 0 Å². The van der Waals surface area contributed by atoms with Crippen LogP contribution < -0.4 is 5.32 Å². The number of hydrogen-bond donors (Lipinski definition) is 5. The minimum Gasteiger partial charge on any atom is -0.394 e. The summed E-state index contributed by atoms with van der Waals surface area (Å²) in [4.78, 5) is 12.5. The number of rotatable bonds is 46. The summed E-state index contributed by atoms with van der Waals surface area (Å²) in [5.41, 5.74) is 0. The molecule has 0 spiro atoms. The molecule has 6 heteroatoms. The van der Waals surface area contributed by atoms with Crippen LogP contribution in [0.3, 0.4) is 0 Å². The van der Waals surface area contributed by atoms with Gasteiger partial charge in [0.05, 0.1) is 18.8 Å². The molecule has 4 atom stereocenters. The normalized spacial score (nSPS) is 14.1. The first kappa shape index (κ1) is 55.8. The number of aliphatic hydroxyl groups is 4. The Hall–Kier alpha value is -1.21. The van der Waals surface area contributed by atoms with E-state index in [0.29, 0.717) is 12.8 Å². The van der Waals surface area contributed by atoms with Gasteiger partial charge >= 0.3 is 0 Å². The largest absolute Gasteiger partial charge is 0.394 e. The van der Waals surface area contributed by atoms with Crippen molar-refractivity contribution in [2.45, 2.75) is 289 Å². The molecule has 0 rings (SSSR count). The maximum atomic E-state index is 12.5. The van der Waals surface area contributed by atoms with Crippen molar-refractivity contribution >= 4 is 5.91 Å². The second kappa shape index (κ2) is 45.9. The summed E-state index contributed by atoms with van der Waals surface area (Å²) in [6.07, 6.45) is 54.0. The van der Waals surface area contributed by atoms with Crippen LogP contribution in [-0.2, 0) is 4.79 Å². The Morgan fingerprint density at radius 2 is 0.719 bits per heavy atom. The fraction of sp³-hybridized carbons (Fsp3) is 0.902. The predicted octanol–water partition coefficient (Wildman–Crippen LogP) is 13.9. The van der Waals surface area contributed by atoms with Gasteiger partial charge < -0.3 is 25.7 Å². The van der Waals surface area contributed by atoms with Gasteiger partial charge in [0.25, 0.3) is 0 Å². The topological polar surface area (TPSA) is 110 Å². The van der Waals surface area contributed by atoms with Crippen molar-refractivity contribution in [3.8, 4) is 0 Å². The molecule has 6 nitrogen and oxygen atoms in total. The van der Waals surface area contributed by atoms with E-state index in [0.717, 1.165) is 38.5 Å². The summed E-state index contributed by atoms with van der Waals surface area (Å²) < 4.78 is 0. The standard InChI is InChI=1S/C51H99NO5/c1-3-5-7-9-11-13-15-16-17-18-19-20-21-22-23-24-25-26-27-28-29-30-31-32-33-34-35-37-39-41-43-45-49(55)51(57)52-47(46-53)50(56)48(54)44-42-40-38-36-14-12-10-8-6-4-2/h22-23,36,38,47-50,53-56H,3-21,24-35,37,39-46H2,1-2H3,(H,52,57)/b23-22-,38-36+. The molecule has 1 amide bonds. The highest BCUT2D eigenvalue weighted by Crippen LogP contribution is 2.17. The summed E-state index contributed by atoms with van der Waals surface area (Å²) >= 11 is 0. The third-order valence-electron chi connectivity index (χ3n) is 11.9. The van der Waals surface area contributed by atoms with Crippen LogP contribution in [-0.4, -0.2) is 57.3 Å². The van der Waals surface area contributed by atoms with E-state index in [4.69, 9.17) is 0 Å². The first-order chi connectivity index (χ1) is 28.0. The smallest absolute Gasteiger partial charge is 0.249 e. The van der Waals surface area contributed by atoms with Gasteiger partial charge in [-0.2, -0.15) is 0 Å². The summed E-state index contributed by atoms with van der Waals surface area (Å²) in [6.45, 7) is 4.02. The van der Waals surface area contributed by atoms with Crippen LogP contribution in [0.5, 0.6) is 0 Å². The third kappa shape index (κ3) is 40.0. The lowest BCUT2D eigenvalue weighted by atomic mass is 10.00. The Morgan fingerprint density at radius 1 is 0.421 bits per heavy atom. The lowest BCUT2D eigenvalue weighted by Crippen LogP contribution is -2.53. The van der Waals surface area contributed by atoms with Crippen LogP contribution in [0.2, 0.25) is 0 Å². The van der Waals surface area contributed by atoms with E-state index in [1.807, 2.05) is 0 Å². The van der Waals surface area contributed by atoms with Crippen molar-refractivity contribution < 1.29 is 25.2 Å². The Kier molecular flexibility index (Phi) is 44.9. The molecule has 0 aliphatic rings. The van der Waals surface area contributed by atoms with Crippen LogP contribution in [0.15, 0.2) is 24.3 Å². The van der Waals surface area contributed by atoms with Crippen molar-refractivity contribution in [3.05, 3.63) is 24.3 Å². The molecule has 0 aromatic heterocycles. The van der Waals surface area contributed by atoms with Gasteiger partial charge in [-0.05, 0) is 64.2 Å². The molecule has 4 unspecified atom stereocenters. The van der Waals surface area contributed by atoms with Crippen molar-refractivity contribution in [3.63, 3.8) is 0 Å². The lowest BCUT2D eigenvalue weighted by molar-refractivity contribution is -0.132. The van der Waals surface area contributed by atoms with Gasteiger partial charge in [-0.25, -0.2) is 0 Å². The molecule has 57 heavy (non-hydrogen) atoms. The average molecular weight is 806 g/mol. The highest BCUT2D eigenvalue weighted by Gasteiger charge is 2.28. The fourth-order valence-corrected chi connectivity index (χ4v) is 7.87. The van der Waals surface area contributed by atoms with Crippen molar-refractivity contribution in [1.29, 1.82) is 0 Å². The molecule has 0 aliphatic heterocycles. The quantitative estimate of drug-likeness (QED) is 0.0311. The van der Waals surface area contributed by atoms with Crippen molar-refractivity contribution in [1.82, 2.24) is 5.32 Å². The average Bonchev–Trinajstić information content (AvgIpc) is 3.22. The van der Waals surface area contributed by atoms with Gasteiger partial charge in [0.1, 0.15) is 12.2 Å². The molecule has 0 heterocycles. The SMILES string of the molecule is CCCCCCC/C=C/CCCC(O)C(O)C(CO)NC(=O)C(O)CCCCCCCCCCCCCCCCC/C=C\CCCCCCCCCCCCCC. The number of amides is 1. The van der Waals surface area contributed by atoms with Gasteiger partial charge in [-0.15, -0.1) is 0 Å². The third-order valence-corrected chi connectivity index (χ3v) is 11.9. The molecule has 0 radical (unpaired) electrons. The van der Waals surface area contributed by atoms with E-state index < -0.39 is 36.9 Å². The van der Waals surface area contributed by atoms with Crippen LogP contribution >= 0.6 is 0 Å². The Balaban J connectivity index is 3.56. The minimum atomic E-state index is -1.28. The highest BCUT2D eigenvalue weighted by atomic mass is 16.3. The monoisotopic (exact) mass is 806 g/mol. The molecule has 0 fully saturated rings. The molecule has 0 bridgehead atoms. The zero-order chi connectivity index (χ0) is 41.7. The lowest BCUT2D eigenvalue weighted by Gasteiger charge is -2.27. The Labute approximate surface area is 354 Å². The zero-order valence-corrected chi connectivity index (χ0v) is 38.1. The number of carbonyl (C=O) groups is 1. The van der Waals surface area contributed by atoms with E-state index in [1.165, 1.54) is 199 Å². The molecular weight excluding hydrogens is 707 g/mol. The van der Waals surface area contributed by atoms with Crippen LogP contribution in [0.4, 0.5) is 0 Å². The minimum absolute atomic E-state index is 0.365. The van der Waals surface area contributed by atoms with Gasteiger partial charge in [-0.1, -0.05) is 224 Å². The number of unbranched alkanes of at least 4 members (excludes halogenated alkanes) is 33. The number of aliphatic hydroxyl groups excluding tert-OH is 4. The molecule has 5 N–H and O–H groups in total. The molecule has 338 valence electrons. The fourth-order valence-electron chi connectivity index (χ4n) is 7.87. The number of nitrogens with one attached hydrogen (secondary N) is 1. The van der Waals surface area contributed by atoms with Gasteiger partial charge in [0.2, 0.25) is 5.91 Å². The van der Waals surface area contributed by atoms with E-state index in [9.17, 15) is 25.2 Å². The van der Waals surface area contributed by atoms with E-state index in [-0.39, 0.29) is 0 Å². The Bertz CT molecular complexity index is 863. The first-order valence-corrected chi connectivity index (χ1v) is 25.2. The first-order valence-electron chi connectivity index (χ1n) is 25.2. The number of allylic oxidation sites excluding steroid dienone is 4. The summed E-state index contributed by atoms with van der Waals surface area (Å²) in [7, 11) is 0. The summed E-state index contributed by atoms with van der Waals surface area (Å²) in [5.74, 6) is -0.592. The maximum absolute atomic E-state index is 12.5. The van der Waals surface area contributed by atoms with Crippen LogP contribution in [0.25, 0.3) is 0 Å². The van der Waals surface area contributed by atoms with Crippen molar-refractivity contribution in [2.75, 3.05) is 6.61 Å². The predicted molar refractivity (Wildman–Crippen MR) is 247 cm³/mol. The molecular formula is C51H99NO5. The second-order valence-corrected chi connectivity index (χ2v) is 17.5. The molecule has 0 aliphatic carbocycles. The Morgan fingerprint density at radius 3 is 1.05 bits per heavy atom. The highest BCUT2D eigenvalue weighted by molar-refractivity contribution is 5.80. The summed E-state index contributed by atoms with van der Waals surface area (Å²) in [5, 5.41) is 43.6. The molecule has 0 aromatic carbocycles. The van der Waals surface area contributed by atoms with Crippen molar-refractivity contribution in [2.24, 2.45) is 0 Å². The number of carbonyl (C=O) groups excluding carboxylic acids is 1. The second-order valence-electron chi connectivity index (χ2n) is 17.5. The molecule has 0 saturated carbocycles. The maximum Gasteiger partial charge on any atom is 0.249 e. The summed E-state index contributed by atoms with van der Waals surface area (Å²) in [6, 6.07) is -0.998. The van der Waals surface area contributed by atoms with Crippen LogP contribution in [0, 0.1) is 0 Å². The van der Waals surface area contributed by atoms with Gasteiger partial charge in [-0.3, -0.25) is 4.79 Å². The van der Waals surface area contributed by atoms with Crippen LogP contribution in [0.1, 0.15) is 264 Å². The van der Waals surface area contributed by atoms with E-state index >= 15 is 0 Å². The van der Waals surface area contributed by atoms with Gasteiger partial charge in [0.15, 0.2) is 0 Å². The zero-order valence-electron chi connectivity index (χ0n) is 38.1.